The Kier molecular flexibility index (Phi) is 13.2. The lowest BCUT2D eigenvalue weighted by molar-refractivity contribution is 0.110. The summed E-state index contributed by atoms with van der Waals surface area (Å²) >= 11 is 12.3. The summed E-state index contributed by atoms with van der Waals surface area (Å²) in [5, 5.41) is 4.73. The zero-order chi connectivity index (χ0) is 31.3. The summed E-state index contributed by atoms with van der Waals surface area (Å²) in [7, 11) is 3.42. The first-order valence-electron chi connectivity index (χ1n) is 14.8. The number of nitrogens with zero attached hydrogens (tertiary/aromatic N) is 2. The van der Waals surface area contributed by atoms with Crippen LogP contribution in [0, 0.1) is 0 Å². The first kappa shape index (κ1) is 33.6. The van der Waals surface area contributed by atoms with Crippen LogP contribution in [0.4, 0.5) is 10.5 Å². The number of benzene rings is 3. The zero-order valence-electron chi connectivity index (χ0n) is 25.4. The molecule has 0 fully saturated rings. The average molecular weight is 643 g/mol. The Hall–Kier alpha value is -3.27. The molecule has 1 atom stereocenters. The van der Waals surface area contributed by atoms with Crippen molar-refractivity contribution in [2.75, 3.05) is 72.1 Å². The number of halogens is 2. The van der Waals surface area contributed by atoms with Crippen molar-refractivity contribution in [2.45, 2.75) is 18.9 Å². The highest BCUT2D eigenvalue weighted by molar-refractivity contribution is 6.31. The lowest BCUT2D eigenvalue weighted by Crippen LogP contribution is -2.40. The molecular weight excluding hydrogens is 601 g/mol. The average Bonchev–Trinajstić information content (AvgIpc) is 3.09. The molecule has 1 amide bonds. The molecule has 44 heavy (non-hydrogen) atoms. The molecule has 3 aromatic carbocycles. The van der Waals surface area contributed by atoms with Gasteiger partial charge >= 0.3 is 6.09 Å². The molecule has 1 unspecified atom stereocenters. The van der Waals surface area contributed by atoms with Crippen molar-refractivity contribution in [3.63, 3.8) is 0 Å². The molecule has 0 spiro atoms. The Labute approximate surface area is 270 Å². The smallest absolute Gasteiger partial charge is 0.415 e. The second-order valence-electron chi connectivity index (χ2n) is 10.6. The Morgan fingerprint density at radius 1 is 0.909 bits per heavy atom. The van der Waals surface area contributed by atoms with Crippen LogP contribution in [-0.4, -0.2) is 82.7 Å². The van der Waals surface area contributed by atoms with E-state index >= 15 is 0 Å². The van der Waals surface area contributed by atoms with E-state index in [9.17, 15) is 4.79 Å². The van der Waals surface area contributed by atoms with Gasteiger partial charge in [-0.3, -0.25) is 9.80 Å². The Balaban J connectivity index is 1.47. The summed E-state index contributed by atoms with van der Waals surface area (Å²) in [5.74, 6) is 1.19. The molecule has 3 aromatic rings. The molecule has 0 aliphatic carbocycles. The zero-order valence-corrected chi connectivity index (χ0v) is 26.9. The maximum atomic E-state index is 13.6. The molecule has 10 heteroatoms. The standard InChI is InChI=1S/C34H41Cl2N3O5/c1-25-15-17-39(34(40)44-30-12-7-27(35)8-13-30)33(24-37-32-14-9-28(36)23-31(25)32)26-5-10-29(11-6-26)43-20-4-16-38(18-21-41-2)19-22-42-3/h5-14,23,33,37H,1,4,15-22,24H2,2-3H3. The van der Waals surface area contributed by atoms with Crippen molar-refractivity contribution < 1.29 is 23.7 Å². The van der Waals surface area contributed by atoms with E-state index in [4.69, 9.17) is 42.1 Å². The van der Waals surface area contributed by atoms with Crippen molar-refractivity contribution in [1.82, 2.24) is 9.80 Å². The number of hydrogen-bond donors (Lipinski definition) is 1. The van der Waals surface area contributed by atoms with Crippen LogP contribution in [0.15, 0.2) is 73.3 Å². The van der Waals surface area contributed by atoms with Crippen molar-refractivity contribution >= 4 is 40.6 Å². The van der Waals surface area contributed by atoms with Crippen LogP contribution in [0.1, 0.15) is 30.0 Å². The number of amides is 1. The fourth-order valence-corrected chi connectivity index (χ4v) is 5.34. The number of fused-ring (bicyclic) bond motifs is 1. The van der Waals surface area contributed by atoms with E-state index in [1.165, 1.54) is 0 Å². The van der Waals surface area contributed by atoms with E-state index in [1.807, 2.05) is 42.5 Å². The largest absolute Gasteiger partial charge is 0.494 e. The number of anilines is 1. The fourth-order valence-electron chi connectivity index (χ4n) is 5.04. The molecule has 0 bridgehead atoms. The third-order valence-corrected chi connectivity index (χ3v) is 8.00. The normalized spacial score (nSPS) is 15.2. The quantitative estimate of drug-likeness (QED) is 0.195. The van der Waals surface area contributed by atoms with Crippen LogP contribution in [0.25, 0.3) is 5.57 Å². The molecule has 1 N–H and O–H groups in total. The van der Waals surface area contributed by atoms with Crippen LogP contribution in [0.2, 0.25) is 10.0 Å². The van der Waals surface area contributed by atoms with Gasteiger partial charge in [0.25, 0.3) is 0 Å². The van der Waals surface area contributed by atoms with Crippen LogP contribution in [0.3, 0.4) is 0 Å². The van der Waals surface area contributed by atoms with Gasteiger partial charge in [0.05, 0.1) is 25.9 Å². The van der Waals surface area contributed by atoms with Gasteiger partial charge < -0.3 is 24.3 Å². The minimum absolute atomic E-state index is 0.326. The highest BCUT2D eigenvalue weighted by Crippen LogP contribution is 2.33. The SMILES string of the molecule is C=C1CCN(C(=O)Oc2ccc(Cl)cc2)C(c2ccc(OCCCN(CCOC)CCOC)cc2)CNc2ccc(Cl)cc21. The molecule has 0 radical (unpaired) electrons. The summed E-state index contributed by atoms with van der Waals surface area (Å²) in [6, 6.07) is 20.0. The van der Waals surface area contributed by atoms with E-state index < -0.39 is 6.09 Å². The fraction of sp³-hybridized carbons (Fsp3) is 0.382. The molecule has 0 aromatic heterocycles. The third-order valence-electron chi connectivity index (χ3n) is 7.51. The van der Waals surface area contributed by atoms with Gasteiger partial charge in [-0.2, -0.15) is 0 Å². The van der Waals surface area contributed by atoms with E-state index in [1.54, 1.807) is 43.4 Å². The lowest BCUT2D eigenvalue weighted by atomic mass is 10.0. The van der Waals surface area contributed by atoms with Gasteiger partial charge in [0.2, 0.25) is 0 Å². The Morgan fingerprint density at radius 2 is 1.57 bits per heavy atom. The van der Waals surface area contributed by atoms with Gasteiger partial charge in [0, 0.05) is 68.2 Å². The van der Waals surface area contributed by atoms with E-state index in [0.717, 1.165) is 54.2 Å². The Morgan fingerprint density at radius 3 is 2.25 bits per heavy atom. The van der Waals surface area contributed by atoms with Gasteiger partial charge in [-0.25, -0.2) is 4.79 Å². The predicted octanol–water partition coefficient (Wildman–Crippen LogP) is 7.43. The summed E-state index contributed by atoms with van der Waals surface area (Å²) in [5.41, 5.74) is 3.69. The second kappa shape index (κ2) is 17.3. The van der Waals surface area contributed by atoms with Gasteiger partial charge in [-0.05, 0) is 78.6 Å². The molecule has 1 aliphatic rings. The number of methoxy groups -OCH3 is 2. The lowest BCUT2D eigenvalue weighted by Gasteiger charge is -2.31. The maximum Gasteiger partial charge on any atom is 0.415 e. The topological polar surface area (TPSA) is 72.5 Å². The van der Waals surface area contributed by atoms with Crippen LogP contribution in [0.5, 0.6) is 11.5 Å². The second-order valence-corrected chi connectivity index (χ2v) is 11.4. The van der Waals surface area contributed by atoms with Crippen molar-refractivity contribution in [3.8, 4) is 11.5 Å². The predicted molar refractivity (Wildman–Crippen MR) is 177 cm³/mol. The van der Waals surface area contributed by atoms with Crippen LogP contribution >= 0.6 is 23.2 Å². The molecule has 4 rings (SSSR count). The molecule has 0 saturated heterocycles. The highest BCUT2D eigenvalue weighted by Gasteiger charge is 2.29. The summed E-state index contributed by atoms with van der Waals surface area (Å²) in [6.07, 6.45) is 0.968. The first-order valence-corrected chi connectivity index (χ1v) is 15.5. The van der Waals surface area contributed by atoms with Gasteiger partial charge in [-0.15, -0.1) is 0 Å². The van der Waals surface area contributed by atoms with E-state index in [0.29, 0.717) is 55.1 Å². The molecule has 236 valence electrons. The Bertz CT molecular complexity index is 1350. The van der Waals surface area contributed by atoms with Crippen LogP contribution < -0.4 is 14.8 Å². The van der Waals surface area contributed by atoms with Gasteiger partial charge in [0.1, 0.15) is 11.5 Å². The number of rotatable bonds is 13. The minimum Gasteiger partial charge on any atom is -0.494 e. The summed E-state index contributed by atoms with van der Waals surface area (Å²) in [4.78, 5) is 17.7. The van der Waals surface area contributed by atoms with Gasteiger partial charge in [0.15, 0.2) is 0 Å². The van der Waals surface area contributed by atoms with Crippen molar-refractivity contribution in [1.29, 1.82) is 0 Å². The number of carbonyl (C=O) groups excluding carboxylic acids is 1. The molecule has 0 saturated carbocycles. The highest BCUT2D eigenvalue weighted by atomic mass is 35.5. The number of ether oxygens (including phenoxy) is 4. The van der Waals surface area contributed by atoms with E-state index in [2.05, 4.69) is 16.8 Å². The summed E-state index contributed by atoms with van der Waals surface area (Å²) < 4.78 is 22.3. The molecule has 1 aliphatic heterocycles. The van der Waals surface area contributed by atoms with Crippen LogP contribution in [-0.2, 0) is 9.47 Å². The maximum absolute atomic E-state index is 13.6. The van der Waals surface area contributed by atoms with Crippen molar-refractivity contribution in [3.05, 3.63) is 94.5 Å². The van der Waals surface area contributed by atoms with E-state index in [-0.39, 0.29) is 6.04 Å². The number of hydrogen-bond acceptors (Lipinski definition) is 7. The van der Waals surface area contributed by atoms with Crippen molar-refractivity contribution in [2.24, 2.45) is 0 Å². The minimum atomic E-state index is -0.456. The first-order chi connectivity index (χ1) is 21.4. The van der Waals surface area contributed by atoms with Gasteiger partial charge in [-0.1, -0.05) is 41.9 Å². The number of nitrogens with one attached hydrogen (secondary N) is 1. The molecule has 8 nitrogen and oxygen atoms in total. The summed E-state index contributed by atoms with van der Waals surface area (Å²) in [6.45, 7) is 9.69. The monoisotopic (exact) mass is 641 g/mol. The number of carbonyl (C=O) groups is 1. The molecule has 1 heterocycles. The third kappa shape index (κ3) is 9.87. The molecular formula is C34H41Cl2N3O5.